The number of carboxylic acids is 1. The minimum Gasteiger partial charge on any atom is -0.481 e. The summed E-state index contributed by atoms with van der Waals surface area (Å²) in [5, 5.41) is 16.8. The highest BCUT2D eigenvalue weighted by Crippen LogP contribution is 2.31. The van der Waals surface area contributed by atoms with Gasteiger partial charge in [-0.25, -0.2) is 0 Å². The van der Waals surface area contributed by atoms with E-state index in [2.05, 4.69) is 15.5 Å². The number of likely N-dealkylation sites (N-methyl/N-ethyl adjacent to an activating group) is 1. The SMILES string of the molecule is Cc1cc(C(Nc2ccc3cc[nH]c(=O)c3c2)C(=O)N(C)Cc2cc(N=O)ccc2C(=O)N2CCCC2)ccc1[C@@H](C)CCC(=O)O. The first-order valence-corrected chi connectivity index (χ1v) is 15.8. The molecular formula is C36H39N5O6. The number of carbonyl (C=O) groups excluding carboxylic acids is 2. The van der Waals surface area contributed by atoms with Crippen molar-refractivity contribution in [1.29, 1.82) is 0 Å². The van der Waals surface area contributed by atoms with E-state index in [4.69, 9.17) is 5.11 Å². The molecule has 2 atom stereocenters. The molecule has 1 aliphatic heterocycles. The van der Waals surface area contributed by atoms with Gasteiger partial charge in [0.2, 0.25) is 5.91 Å². The number of H-pyrrole nitrogens is 1. The van der Waals surface area contributed by atoms with E-state index >= 15 is 0 Å². The zero-order chi connectivity index (χ0) is 33.7. The number of nitrogens with zero attached hydrogens (tertiary/aromatic N) is 3. The molecule has 11 heteroatoms. The standard InChI is InChI=1S/C36H39N5O6/c1-22(6-13-32(42)43)29-11-8-25(18-23(29)2)33(38-27-9-7-24-14-15-37-34(44)31(24)20-27)36(46)40(3)21-26-19-28(39-47)10-12-30(26)35(45)41-16-4-5-17-41/h7-12,14-15,18-20,22,33,38H,4-6,13,16-17,21H2,1-3H3,(H,37,44)(H,42,43)/t22-,33?/m0/s1. The first kappa shape index (κ1) is 33.1. The van der Waals surface area contributed by atoms with Gasteiger partial charge < -0.3 is 25.2 Å². The number of hydrogen-bond acceptors (Lipinski definition) is 7. The highest BCUT2D eigenvalue weighted by molar-refractivity contribution is 5.96. The average molecular weight is 638 g/mol. The number of amides is 2. The molecule has 0 saturated carbocycles. The maximum Gasteiger partial charge on any atom is 0.303 e. The number of aromatic amines is 1. The quantitative estimate of drug-likeness (QED) is 0.155. The summed E-state index contributed by atoms with van der Waals surface area (Å²) < 4.78 is 0. The number of likely N-dealkylation sites (tertiary alicyclic amines) is 1. The average Bonchev–Trinajstić information content (AvgIpc) is 3.61. The van der Waals surface area contributed by atoms with Gasteiger partial charge in [0.25, 0.3) is 11.5 Å². The Labute approximate surface area is 272 Å². The maximum atomic E-state index is 14.3. The highest BCUT2D eigenvalue weighted by Gasteiger charge is 2.28. The number of aliphatic carboxylic acids is 1. The molecule has 11 nitrogen and oxygen atoms in total. The lowest BCUT2D eigenvalue weighted by atomic mass is 9.90. The summed E-state index contributed by atoms with van der Waals surface area (Å²) in [5.74, 6) is -1.29. The van der Waals surface area contributed by atoms with Gasteiger partial charge in [-0.2, -0.15) is 0 Å². The Hall–Kier alpha value is -5.32. The third-order valence-electron chi connectivity index (χ3n) is 8.88. The van der Waals surface area contributed by atoms with Gasteiger partial charge in [0.1, 0.15) is 11.7 Å². The smallest absolute Gasteiger partial charge is 0.303 e. The van der Waals surface area contributed by atoms with Crippen molar-refractivity contribution < 1.29 is 19.5 Å². The highest BCUT2D eigenvalue weighted by atomic mass is 16.4. The fraction of sp³-hybridized carbons (Fsp3) is 0.333. The molecule has 2 heterocycles. The number of hydrogen-bond donors (Lipinski definition) is 3. The second-order valence-electron chi connectivity index (χ2n) is 12.3. The Bertz CT molecular complexity index is 1880. The zero-order valence-corrected chi connectivity index (χ0v) is 26.8. The molecule has 47 heavy (non-hydrogen) atoms. The van der Waals surface area contributed by atoms with E-state index in [-0.39, 0.29) is 41.9 Å². The molecule has 0 aliphatic carbocycles. The zero-order valence-electron chi connectivity index (χ0n) is 26.8. The molecule has 1 aromatic heterocycles. The molecule has 1 unspecified atom stereocenters. The summed E-state index contributed by atoms with van der Waals surface area (Å²) in [6, 6.07) is 16.6. The van der Waals surface area contributed by atoms with Crippen LogP contribution in [0.5, 0.6) is 0 Å². The Balaban J connectivity index is 1.49. The molecule has 0 spiro atoms. The van der Waals surface area contributed by atoms with Gasteiger partial charge in [-0.15, -0.1) is 4.91 Å². The Morgan fingerprint density at radius 2 is 1.81 bits per heavy atom. The minimum absolute atomic E-state index is 0.00224. The molecular weight excluding hydrogens is 598 g/mol. The molecule has 3 N–H and O–H groups in total. The largest absolute Gasteiger partial charge is 0.481 e. The van der Waals surface area contributed by atoms with Crippen LogP contribution in [0.15, 0.2) is 76.8 Å². The van der Waals surface area contributed by atoms with E-state index in [1.54, 1.807) is 42.4 Å². The number of benzene rings is 3. The van der Waals surface area contributed by atoms with E-state index in [1.807, 2.05) is 44.2 Å². The molecule has 1 fully saturated rings. The van der Waals surface area contributed by atoms with Crippen LogP contribution in [0, 0.1) is 11.8 Å². The number of rotatable bonds is 12. The lowest BCUT2D eigenvalue weighted by Crippen LogP contribution is -2.36. The summed E-state index contributed by atoms with van der Waals surface area (Å²) in [6.07, 6.45) is 3.98. The van der Waals surface area contributed by atoms with Crippen LogP contribution >= 0.6 is 0 Å². The van der Waals surface area contributed by atoms with Crippen molar-refractivity contribution in [2.45, 2.75) is 58.0 Å². The van der Waals surface area contributed by atoms with Gasteiger partial charge in [0.15, 0.2) is 0 Å². The number of carbonyl (C=O) groups is 3. The monoisotopic (exact) mass is 637 g/mol. The third-order valence-corrected chi connectivity index (χ3v) is 8.88. The van der Waals surface area contributed by atoms with Crippen LogP contribution in [0.4, 0.5) is 11.4 Å². The normalized spacial score (nSPS) is 14.1. The fourth-order valence-corrected chi connectivity index (χ4v) is 6.27. The maximum absolute atomic E-state index is 14.3. The van der Waals surface area contributed by atoms with Crippen molar-refractivity contribution in [2.24, 2.45) is 5.18 Å². The molecule has 5 rings (SSSR count). The molecule has 244 valence electrons. The van der Waals surface area contributed by atoms with Crippen LogP contribution in [-0.4, -0.2) is 57.8 Å². The molecule has 1 aliphatic rings. The van der Waals surface area contributed by atoms with Gasteiger partial charge in [-0.1, -0.05) is 31.2 Å². The summed E-state index contributed by atoms with van der Waals surface area (Å²) >= 11 is 0. The number of anilines is 1. The number of pyridine rings is 1. The summed E-state index contributed by atoms with van der Waals surface area (Å²) in [6.45, 7) is 5.29. The molecule has 0 radical (unpaired) electrons. The van der Waals surface area contributed by atoms with Crippen molar-refractivity contribution in [3.05, 3.63) is 110 Å². The van der Waals surface area contributed by atoms with Crippen LogP contribution < -0.4 is 10.9 Å². The molecule has 4 aromatic rings. The van der Waals surface area contributed by atoms with E-state index in [9.17, 15) is 24.1 Å². The number of fused-ring (bicyclic) bond motifs is 1. The fourth-order valence-electron chi connectivity index (χ4n) is 6.27. The number of aryl methyl sites for hydroxylation is 1. The van der Waals surface area contributed by atoms with Crippen LogP contribution in [0.25, 0.3) is 10.8 Å². The third kappa shape index (κ3) is 7.57. The number of nitrogens with one attached hydrogen (secondary N) is 2. The van der Waals surface area contributed by atoms with E-state index < -0.39 is 12.0 Å². The van der Waals surface area contributed by atoms with Crippen LogP contribution in [0.1, 0.15) is 77.2 Å². The first-order chi connectivity index (χ1) is 22.5. The minimum atomic E-state index is -0.882. The van der Waals surface area contributed by atoms with E-state index in [1.165, 1.54) is 11.0 Å². The summed E-state index contributed by atoms with van der Waals surface area (Å²) in [4.78, 5) is 68.8. The number of aromatic nitrogens is 1. The number of nitroso groups, excluding NO2 is 1. The summed E-state index contributed by atoms with van der Waals surface area (Å²) in [7, 11) is 1.64. The molecule has 3 aromatic carbocycles. The van der Waals surface area contributed by atoms with E-state index in [0.29, 0.717) is 47.3 Å². The van der Waals surface area contributed by atoms with Crippen LogP contribution in [-0.2, 0) is 16.1 Å². The van der Waals surface area contributed by atoms with Gasteiger partial charge >= 0.3 is 5.97 Å². The second kappa shape index (κ2) is 14.4. The topological polar surface area (TPSA) is 152 Å². The van der Waals surface area contributed by atoms with Gasteiger partial charge in [0.05, 0.1) is 0 Å². The lowest BCUT2D eigenvalue weighted by molar-refractivity contribution is -0.137. The molecule has 0 bridgehead atoms. The van der Waals surface area contributed by atoms with E-state index in [0.717, 1.165) is 29.4 Å². The van der Waals surface area contributed by atoms with Crippen LogP contribution in [0.2, 0.25) is 0 Å². The van der Waals surface area contributed by atoms with Crippen molar-refractivity contribution >= 4 is 39.9 Å². The van der Waals surface area contributed by atoms with Crippen LogP contribution in [0.3, 0.4) is 0 Å². The van der Waals surface area contributed by atoms with Crippen molar-refractivity contribution in [3.8, 4) is 0 Å². The van der Waals surface area contributed by atoms with Gasteiger partial charge in [0, 0.05) is 55.9 Å². The predicted octanol–water partition coefficient (Wildman–Crippen LogP) is 6.25. The van der Waals surface area contributed by atoms with Crippen molar-refractivity contribution in [2.75, 3.05) is 25.5 Å². The van der Waals surface area contributed by atoms with Crippen molar-refractivity contribution in [3.63, 3.8) is 0 Å². The Morgan fingerprint density at radius 1 is 1.04 bits per heavy atom. The lowest BCUT2D eigenvalue weighted by Gasteiger charge is -2.28. The molecule has 2 amide bonds. The van der Waals surface area contributed by atoms with Gasteiger partial charge in [-0.3, -0.25) is 19.2 Å². The number of carboxylic acid groups (broad SMARTS) is 1. The van der Waals surface area contributed by atoms with Gasteiger partial charge in [-0.05, 0) is 101 Å². The Kier molecular flexibility index (Phi) is 10.1. The Morgan fingerprint density at radius 3 is 2.51 bits per heavy atom. The molecule has 1 saturated heterocycles. The predicted molar refractivity (Wildman–Crippen MR) is 181 cm³/mol. The summed E-state index contributed by atoms with van der Waals surface area (Å²) in [5.41, 5.74) is 4.01. The van der Waals surface area contributed by atoms with Crippen molar-refractivity contribution in [1.82, 2.24) is 14.8 Å². The first-order valence-electron chi connectivity index (χ1n) is 15.8. The second-order valence-corrected chi connectivity index (χ2v) is 12.3.